The van der Waals surface area contributed by atoms with E-state index in [2.05, 4.69) is 10.1 Å². The van der Waals surface area contributed by atoms with Crippen LogP contribution in [0.25, 0.3) is 33.1 Å². The molecule has 2 aromatic heterocycles. The Morgan fingerprint density at radius 3 is 2.68 bits per heavy atom. The fraction of sp³-hybridized carbons (Fsp3) is 0.150. The van der Waals surface area contributed by atoms with Crippen LogP contribution in [0.4, 0.5) is 13.2 Å². The molecule has 0 saturated carbocycles. The third-order valence-electron chi connectivity index (χ3n) is 4.24. The second-order valence-electron chi connectivity index (χ2n) is 6.01. The van der Waals surface area contributed by atoms with Gasteiger partial charge >= 0.3 is 12.1 Å². The molecule has 5 nitrogen and oxygen atoms in total. The number of fused-ring (bicyclic) bond motifs is 3. The SMILES string of the molecule is CCOC(=O)c1noc2c1c(-c1cccc(C(F)(F)F)c1)nc1ccccc12. The number of halogens is 3. The third-order valence-corrected chi connectivity index (χ3v) is 4.24. The van der Waals surface area contributed by atoms with Crippen LogP contribution in [0.5, 0.6) is 0 Å². The van der Waals surface area contributed by atoms with E-state index in [0.717, 1.165) is 12.1 Å². The van der Waals surface area contributed by atoms with E-state index < -0.39 is 17.7 Å². The van der Waals surface area contributed by atoms with Crippen molar-refractivity contribution in [3.8, 4) is 11.3 Å². The monoisotopic (exact) mass is 386 g/mol. The van der Waals surface area contributed by atoms with E-state index in [-0.39, 0.29) is 34.5 Å². The Kier molecular flexibility index (Phi) is 4.26. The summed E-state index contributed by atoms with van der Waals surface area (Å²) in [6.07, 6.45) is -4.51. The fourth-order valence-corrected chi connectivity index (χ4v) is 3.02. The zero-order valence-corrected chi connectivity index (χ0v) is 14.6. The number of alkyl halides is 3. The highest BCUT2D eigenvalue weighted by atomic mass is 19.4. The normalized spacial score (nSPS) is 11.9. The largest absolute Gasteiger partial charge is 0.461 e. The summed E-state index contributed by atoms with van der Waals surface area (Å²) in [4.78, 5) is 16.8. The number of nitrogens with zero attached hydrogens (tertiary/aromatic N) is 2. The molecular weight excluding hydrogens is 373 g/mol. The van der Waals surface area contributed by atoms with Crippen LogP contribution in [0.15, 0.2) is 53.1 Å². The Hall–Kier alpha value is -3.42. The first kappa shape index (κ1) is 18.0. The Balaban J connectivity index is 2.06. The highest BCUT2D eigenvalue weighted by Crippen LogP contribution is 2.37. The van der Waals surface area contributed by atoms with Gasteiger partial charge in [0, 0.05) is 10.9 Å². The van der Waals surface area contributed by atoms with Crippen molar-refractivity contribution in [1.82, 2.24) is 10.1 Å². The van der Waals surface area contributed by atoms with Gasteiger partial charge in [0.15, 0.2) is 5.58 Å². The summed E-state index contributed by atoms with van der Waals surface area (Å²) in [7, 11) is 0. The smallest absolute Gasteiger partial charge is 0.416 e. The quantitative estimate of drug-likeness (QED) is 0.451. The third kappa shape index (κ3) is 2.96. The van der Waals surface area contributed by atoms with Gasteiger partial charge in [-0.3, -0.25) is 0 Å². The minimum Gasteiger partial charge on any atom is -0.461 e. The van der Waals surface area contributed by atoms with E-state index >= 15 is 0 Å². The van der Waals surface area contributed by atoms with Gasteiger partial charge in [0.1, 0.15) is 0 Å². The minimum atomic E-state index is -4.51. The fourth-order valence-electron chi connectivity index (χ4n) is 3.02. The molecule has 8 heteroatoms. The standard InChI is InChI=1S/C20H13F3N2O3/c1-2-27-19(26)17-15-16(11-6-5-7-12(10-11)20(21,22)23)24-14-9-4-3-8-13(14)18(15)28-25-17/h3-10H,2H2,1H3. The van der Waals surface area contributed by atoms with Crippen LogP contribution in [0.2, 0.25) is 0 Å². The maximum atomic E-state index is 13.2. The maximum absolute atomic E-state index is 13.2. The minimum absolute atomic E-state index is 0.118. The molecule has 4 aromatic rings. The topological polar surface area (TPSA) is 65.2 Å². The molecule has 0 spiro atoms. The average Bonchev–Trinajstić information content (AvgIpc) is 3.12. The number of carbonyl (C=O) groups excluding carboxylic acids is 1. The summed E-state index contributed by atoms with van der Waals surface area (Å²) in [5.41, 5.74) is 0.197. The molecule has 0 saturated heterocycles. The zero-order valence-electron chi connectivity index (χ0n) is 14.6. The summed E-state index contributed by atoms with van der Waals surface area (Å²) in [5.74, 6) is -0.730. The number of hydrogen-bond acceptors (Lipinski definition) is 5. The number of carbonyl (C=O) groups is 1. The van der Waals surface area contributed by atoms with E-state index in [9.17, 15) is 18.0 Å². The van der Waals surface area contributed by atoms with Crippen LogP contribution in [0.1, 0.15) is 23.0 Å². The zero-order chi connectivity index (χ0) is 19.9. The predicted octanol–water partition coefficient (Wildman–Crippen LogP) is 5.24. The van der Waals surface area contributed by atoms with Crippen molar-refractivity contribution >= 4 is 27.8 Å². The molecule has 0 aliphatic heterocycles. The highest BCUT2D eigenvalue weighted by Gasteiger charge is 2.31. The van der Waals surface area contributed by atoms with Gasteiger partial charge < -0.3 is 9.26 Å². The second kappa shape index (κ2) is 6.63. The van der Waals surface area contributed by atoms with Crippen molar-refractivity contribution in [1.29, 1.82) is 0 Å². The lowest BCUT2D eigenvalue weighted by Crippen LogP contribution is -2.07. The summed E-state index contributed by atoms with van der Waals surface area (Å²) in [5, 5.41) is 4.62. The molecule has 0 bridgehead atoms. The first-order valence-corrected chi connectivity index (χ1v) is 8.43. The van der Waals surface area contributed by atoms with Crippen LogP contribution in [0.3, 0.4) is 0 Å². The molecule has 4 rings (SSSR count). The molecule has 0 aliphatic rings. The van der Waals surface area contributed by atoms with Crippen molar-refractivity contribution in [2.75, 3.05) is 6.61 Å². The number of esters is 1. The number of rotatable bonds is 3. The van der Waals surface area contributed by atoms with Crippen molar-refractivity contribution in [2.24, 2.45) is 0 Å². The molecule has 0 aliphatic carbocycles. The molecule has 2 heterocycles. The van der Waals surface area contributed by atoms with Gasteiger partial charge in [0.25, 0.3) is 0 Å². The number of benzene rings is 2. The van der Waals surface area contributed by atoms with E-state index in [4.69, 9.17) is 9.26 Å². The number of aromatic nitrogens is 2. The molecule has 0 N–H and O–H groups in total. The summed E-state index contributed by atoms with van der Waals surface area (Å²) in [6, 6.07) is 11.7. The van der Waals surface area contributed by atoms with E-state index in [0.29, 0.717) is 10.9 Å². The van der Waals surface area contributed by atoms with Crippen LogP contribution in [-0.2, 0) is 10.9 Å². The molecule has 2 aromatic carbocycles. The number of ether oxygens (including phenoxy) is 1. The predicted molar refractivity (Wildman–Crippen MR) is 95.7 cm³/mol. The number of hydrogen-bond donors (Lipinski definition) is 0. The Bertz CT molecular complexity index is 1200. The Labute approximate surface area is 156 Å². The first-order valence-electron chi connectivity index (χ1n) is 8.43. The molecular formula is C20H13F3N2O3. The van der Waals surface area contributed by atoms with E-state index in [1.807, 2.05) is 0 Å². The molecule has 0 amide bonds. The van der Waals surface area contributed by atoms with E-state index in [1.165, 1.54) is 12.1 Å². The van der Waals surface area contributed by atoms with Crippen molar-refractivity contribution in [3.63, 3.8) is 0 Å². The summed E-state index contributed by atoms with van der Waals surface area (Å²) >= 11 is 0. The van der Waals surface area contributed by atoms with E-state index in [1.54, 1.807) is 31.2 Å². The lowest BCUT2D eigenvalue weighted by molar-refractivity contribution is -0.137. The number of para-hydroxylation sites is 1. The Morgan fingerprint density at radius 1 is 1.14 bits per heavy atom. The van der Waals surface area contributed by atoms with Gasteiger partial charge in [-0.2, -0.15) is 13.2 Å². The highest BCUT2D eigenvalue weighted by molar-refractivity contribution is 6.14. The molecule has 142 valence electrons. The van der Waals surface area contributed by atoms with Crippen LogP contribution < -0.4 is 0 Å². The van der Waals surface area contributed by atoms with Gasteiger partial charge in [0.05, 0.1) is 28.8 Å². The molecule has 0 radical (unpaired) electrons. The molecule has 28 heavy (non-hydrogen) atoms. The van der Waals surface area contributed by atoms with Crippen LogP contribution in [0, 0.1) is 0 Å². The van der Waals surface area contributed by atoms with Gasteiger partial charge in [-0.05, 0) is 31.2 Å². The van der Waals surface area contributed by atoms with Crippen LogP contribution in [-0.4, -0.2) is 22.7 Å². The lowest BCUT2D eigenvalue weighted by atomic mass is 10.0. The van der Waals surface area contributed by atoms with Gasteiger partial charge in [-0.15, -0.1) is 0 Å². The van der Waals surface area contributed by atoms with Crippen molar-refractivity contribution < 1.29 is 27.2 Å². The molecule has 0 atom stereocenters. The Morgan fingerprint density at radius 2 is 1.93 bits per heavy atom. The second-order valence-corrected chi connectivity index (χ2v) is 6.01. The van der Waals surface area contributed by atoms with Gasteiger partial charge in [-0.25, -0.2) is 9.78 Å². The summed E-state index contributed by atoms with van der Waals surface area (Å²) < 4.78 is 49.9. The molecule has 0 unspecified atom stereocenters. The van der Waals surface area contributed by atoms with Gasteiger partial charge in [-0.1, -0.05) is 29.4 Å². The van der Waals surface area contributed by atoms with Crippen LogP contribution >= 0.6 is 0 Å². The maximum Gasteiger partial charge on any atom is 0.416 e. The number of pyridine rings is 1. The first-order chi connectivity index (χ1) is 13.4. The lowest BCUT2D eigenvalue weighted by Gasteiger charge is -2.10. The summed E-state index contributed by atoms with van der Waals surface area (Å²) in [6.45, 7) is 1.76. The molecule has 0 fully saturated rings. The van der Waals surface area contributed by atoms with Gasteiger partial charge in [0.2, 0.25) is 5.69 Å². The average molecular weight is 386 g/mol. The van der Waals surface area contributed by atoms with Crippen molar-refractivity contribution in [2.45, 2.75) is 13.1 Å². The van der Waals surface area contributed by atoms with Crippen molar-refractivity contribution in [3.05, 3.63) is 59.8 Å².